The zero-order chi connectivity index (χ0) is 18.3. The molecule has 0 radical (unpaired) electrons. The number of rotatable bonds is 3. The van der Waals surface area contributed by atoms with Crippen LogP contribution in [0.25, 0.3) is 10.9 Å². The van der Waals surface area contributed by atoms with E-state index in [1.54, 1.807) is 36.5 Å². The quantitative estimate of drug-likeness (QED) is 0.747. The number of anilines is 1. The predicted octanol–water partition coefficient (Wildman–Crippen LogP) is 3.25. The van der Waals surface area contributed by atoms with Crippen LogP contribution in [0, 0.1) is 6.92 Å². The summed E-state index contributed by atoms with van der Waals surface area (Å²) in [6, 6.07) is 12.4. The molecule has 7 heteroatoms. The van der Waals surface area contributed by atoms with Crippen LogP contribution in [-0.2, 0) is 10.0 Å². The van der Waals surface area contributed by atoms with Crippen LogP contribution >= 0.6 is 11.6 Å². The maximum atomic E-state index is 13.1. The molecule has 1 aromatic heterocycles. The van der Waals surface area contributed by atoms with E-state index in [9.17, 15) is 8.42 Å². The minimum atomic E-state index is -3.66. The van der Waals surface area contributed by atoms with E-state index in [2.05, 4.69) is 10.2 Å². The smallest absolute Gasteiger partial charge is 0.268 e. The molecule has 0 spiro atoms. The van der Waals surface area contributed by atoms with E-state index in [1.807, 2.05) is 19.1 Å². The molecule has 0 bridgehead atoms. The lowest BCUT2D eigenvalue weighted by atomic mass is 10.2. The van der Waals surface area contributed by atoms with Gasteiger partial charge in [-0.2, -0.15) is 0 Å². The second kappa shape index (κ2) is 6.61. The standard InChI is InChI=1S/C19H20ClN3O2S/c1-14-3-2-4-15(13-14)26(24,25)23-10-7-16-18(23)6-5-17(20)19(16)22-11-8-21-9-12-22/h2-7,10,13,21H,8-9,11-12H2,1H3. The maximum Gasteiger partial charge on any atom is 0.268 e. The van der Waals surface area contributed by atoms with Gasteiger partial charge in [-0.15, -0.1) is 0 Å². The molecule has 5 nitrogen and oxygen atoms in total. The Kier molecular flexibility index (Phi) is 4.42. The molecule has 4 rings (SSSR count). The summed E-state index contributed by atoms with van der Waals surface area (Å²) in [5, 5.41) is 4.82. The number of aryl methyl sites for hydroxylation is 1. The number of benzene rings is 2. The van der Waals surface area contributed by atoms with Crippen LogP contribution in [0.2, 0.25) is 5.02 Å². The largest absolute Gasteiger partial charge is 0.367 e. The van der Waals surface area contributed by atoms with Crippen molar-refractivity contribution in [1.29, 1.82) is 0 Å². The Bertz CT molecular complexity index is 1070. The van der Waals surface area contributed by atoms with Crippen molar-refractivity contribution in [2.75, 3.05) is 31.1 Å². The van der Waals surface area contributed by atoms with Gasteiger partial charge in [0.2, 0.25) is 0 Å². The van der Waals surface area contributed by atoms with Crippen molar-refractivity contribution in [2.45, 2.75) is 11.8 Å². The van der Waals surface area contributed by atoms with Crippen LogP contribution in [-0.4, -0.2) is 38.6 Å². The van der Waals surface area contributed by atoms with E-state index in [4.69, 9.17) is 11.6 Å². The Balaban J connectivity index is 1.88. The van der Waals surface area contributed by atoms with Crippen molar-refractivity contribution >= 4 is 38.2 Å². The monoisotopic (exact) mass is 389 g/mol. The van der Waals surface area contributed by atoms with E-state index in [0.29, 0.717) is 10.5 Å². The molecule has 1 saturated heterocycles. The summed E-state index contributed by atoms with van der Waals surface area (Å²) in [6.45, 7) is 5.34. The second-order valence-electron chi connectivity index (χ2n) is 6.50. The lowest BCUT2D eigenvalue weighted by Crippen LogP contribution is -2.43. The lowest BCUT2D eigenvalue weighted by Gasteiger charge is -2.30. The molecular weight excluding hydrogens is 370 g/mol. The summed E-state index contributed by atoms with van der Waals surface area (Å²) < 4.78 is 27.6. The van der Waals surface area contributed by atoms with Crippen molar-refractivity contribution in [2.24, 2.45) is 0 Å². The number of aromatic nitrogens is 1. The fraction of sp³-hybridized carbons (Fsp3) is 0.263. The van der Waals surface area contributed by atoms with Gasteiger partial charge in [-0.25, -0.2) is 12.4 Å². The average molecular weight is 390 g/mol. The number of fused-ring (bicyclic) bond motifs is 1. The molecule has 1 fully saturated rings. The molecule has 136 valence electrons. The SMILES string of the molecule is Cc1cccc(S(=O)(=O)n2ccc3c(N4CCNCC4)c(Cl)ccc32)c1. The summed E-state index contributed by atoms with van der Waals surface area (Å²) in [5.41, 5.74) is 2.46. The van der Waals surface area contributed by atoms with Crippen LogP contribution in [0.3, 0.4) is 0 Å². The first-order valence-corrected chi connectivity index (χ1v) is 10.4. The summed E-state index contributed by atoms with van der Waals surface area (Å²) in [6.07, 6.45) is 1.62. The van der Waals surface area contributed by atoms with Gasteiger partial charge in [-0.05, 0) is 42.8 Å². The zero-order valence-corrected chi connectivity index (χ0v) is 16.0. The van der Waals surface area contributed by atoms with Gasteiger partial charge in [-0.3, -0.25) is 0 Å². The molecule has 0 aliphatic carbocycles. The third-order valence-corrected chi connectivity index (χ3v) is 6.73. The normalized spacial score (nSPS) is 15.5. The Morgan fingerprint density at radius 1 is 1.08 bits per heavy atom. The molecule has 1 N–H and O–H groups in total. The van der Waals surface area contributed by atoms with Crippen molar-refractivity contribution in [3.05, 3.63) is 59.2 Å². The highest BCUT2D eigenvalue weighted by Gasteiger charge is 2.23. The highest BCUT2D eigenvalue weighted by atomic mass is 35.5. The van der Waals surface area contributed by atoms with Crippen LogP contribution in [0.5, 0.6) is 0 Å². The Hall–Kier alpha value is -2.02. The van der Waals surface area contributed by atoms with E-state index >= 15 is 0 Å². The molecule has 2 aromatic carbocycles. The van der Waals surface area contributed by atoms with Gasteiger partial charge < -0.3 is 10.2 Å². The highest BCUT2D eigenvalue weighted by molar-refractivity contribution is 7.90. The molecule has 1 aliphatic rings. The second-order valence-corrected chi connectivity index (χ2v) is 8.72. The van der Waals surface area contributed by atoms with Gasteiger partial charge >= 0.3 is 0 Å². The number of hydrogen-bond acceptors (Lipinski definition) is 4. The van der Waals surface area contributed by atoms with E-state index in [1.165, 1.54) is 3.97 Å². The lowest BCUT2D eigenvalue weighted by molar-refractivity contribution is 0.588. The molecule has 1 aliphatic heterocycles. The third-order valence-electron chi connectivity index (χ3n) is 4.74. The number of piperazine rings is 1. The first-order valence-electron chi connectivity index (χ1n) is 8.56. The summed E-state index contributed by atoms with van der Waals surface area (Å²) >= 11 is 6.48. The number of nitrogens with zero attached hydrogens (tertiary/aromatic N) is 2. The summed E-state index contributed by atoms with van der Waals surface area (Å²) in [5.74, 6) is 0. The molecule has 26 heavy (non-hydrogen) atoms. The van der Waals surface area contributed by atoms with Crippen molar-refractivity contribution < 1.29 is 8.42 Å². The first-order chi connectivity index (χ1) is 12.5. The maximum absolute atomic E-state index is 13.1. The van der Waals surface area contributed by atoms with Crippen molar-refractivity contribution in [3.8, 4) is 0 Å². The Labute approximate surface area is 158 Å². The van der Waals surface area contributed by atoms with Gasteiger partial charge in [0, 0.05) is 37.8 Å². The molecule has 0 unspecified atom stereocenters. The van der Waals surface area contributed by atoms with E-state index in [-0.39, 0.29) is 4.90 Å². The topological polar surface area (TPSA) is 54.3 Å². The van der Waals surface area contributed by atoms with Gasteiger partial charge in [0.1, 0.15) is 0 Å². The molecule has 0 saturated carbocycles. The van der Waals surface area contributed by atoms with Crippen LogP contribution < -0.4 is 10.2 Å². The summed E-state index contributed by atoms with van der Waals surface area (Å²) in [7, 11) is -3.66. The summed E-state index contributed by atoms with van der Waals surface area (Å²) in [4.78, 5) is 2.50. The highest BCUT2D eigenvalue weighted by Crippen LogP contribution is 2.36. The predicted molar refractivity (Wildman–Crippen MR) is 106 cm³/mol. The van der Waals surface area contributed by atoms with Crippen molar-refractivity contribution in [3.63, 3.8) is 0 Å². The Morgan fingerprint density at radius 3 is 2.58 bits per heavy atom. The van der Waals surface area contributed by atoms with Gasteiger partial charge in [0.15, 0.2) is 0 Å². The van der Waals surface area contributed by atoms with Crippen molar-refractivity contribution in [1.82, 2.24) is 9.29 Å². The average Bonchev–Trinajstić information content (AvgIpc) is 3.07. The number of halogens is 1. The van der Waals surface area contributed by atoms with Crippen LogP contribution in [0.4, 0.5) is 5.69 Å². The van der Waals surface area contributed by atoms with Gasteiger partial charge in [0.05, 0.1) is 21.1 Å². The third kappa shape index (κ3) is 2.88. The minimum absolute atomic E-state index is 0.286. The molecule has 3 aromatic rings. The van der Waals surface area contributed by atoms with Crippen LogP contribution in [0.15, 0.2) is 53.6 Å². The molecule has 2 heterocycles. The zero-order valence-electron chi connectivity index (χ0n) is 14.4. The molecular formula is C19H20ClN3O2S. The van der Waals surface area contributed by atoms with E-state index in [0.717, 1.165) is 42.8 Å². The van der Waals surface area contributed by atoms with Gasteiger partial charge in [-0.1, -0.05) is 23.7 Å². The Morgan fingerprint density at radius 2 is 1.85 bits per heavy atom. The fourth-order valence-electron chi connectivity index (χ4n) is 3.46. The van der Waals surface area contributed by atoms with Crippen LogP contribution in [0.1, 0.15) is 5.56 Å². The van der Waals surface area contributed by atoms with E-state index < -0.39 is 10.0 Å². The number of hydrogen-bond donors (Lipinski definition) is 1. The van der Waals surface area contributed by atoms with Gasteiger partial charge in [0.25, 0.3) is 10.0 Å². The number of nitrogens with one attached hydrogen (secondary N) is 1. The fourth-order valence-corrected chi connectivity index (χ4v) is 5.19. The minimum Gasteiger partial charge on any atom is -0.367 e. The first kappa shape index (κ1) is 17.4. The molecule has 0 atom stereocenters. The molecule has 0 amide bonds.